The first-order valence-corrected chi connectivity index (χ1v) is 7.88. The molecule has 1 saturated heterocycles. The zero-order valence-corrected chi connectivity index (χ0v) is 13.2. The number of anilines is 2. The molecule has 5 nitrogen and oxygen atoms in total. The summed E-state index contributed by atoms with van der Waals surface area (Å²) in [6.45, 7) is 8.57. The number of hydrogen-bond acceptors (Lipinski definition) is 6. The zero-order valence-electron chi connectivity index (χ0n) is 12.4. The molecule has 1 fully saturated rings. The normalized spacial score (nSPS) is 18.8. The van der Waals surface area contributed by atoms with E-state index in [1.54, 1.807) is 0 Å². The zero-order chi connectivity index (χ0) is 14.7. The van der Waals surface area contributed by atoms with Crippen LogP contribution < -0.4 is 10.6 Å². The van der Waals surface area contributed by atoms with Crippen LogP contribution in [0, 0.1) is 0 Å². The highest BCUT2D eigenvalue weighted by Gasteiger charge is 2.28. The van der Waals surface area contributed by atoms with Gasteiger partial charge in [0, 0.05) is 19.1 Å². The maximum Gasteiger partial charge on any atom is 0.350 e. The van der Waals surface area contributed by atoms with E-state index in [1.807, 2.05) is 6.07 Å². The Kier molecular flexibility index (Phi) is 4.88. The number of carbonyl (C=O) groups is 1. The Morgan fingerprint density at radius 3 is 2.85 bits per heavy atom. The lowest BCUT2D eigenvalue weighted by Gasteiger charge is -2.26. The summed E-state index contributed by atoms with van der Waals surface area (Å²) >= 11 is 1.43. The number of likely N-dealkylation sites (N-methyl/N-ethyl adjacent to an activating group) is 1. The maximum atomic E-state index is 11.6. The third-order valence-electron chi connectivity index (χ3n) is 3.92. The van der Waals surface area contributed by atoms with Crippen LogP contribution in [-0.4, -0.2) is 50.2 Å². The number of esters is 1. The molecule has 0 aromatic carbocycles. The van der Waals surface area contributed by atoms with E-state index in [1.165, 1.54) is 18.4 Å². The fourth-order valence-electron chi connectivity index (χ4n) is 2.78. The number of ether oxygens (including phenoxy) is 1. The molecule has 112 valence electrons. The molecule has 2 rings (SSSR count). The molecule has 0 aliphatic carbocycles. The minimum atomic E-state index is -0.349. The summed E-state index contributed by atoms with van der Waals surface area (Å²) in [6, 6.07) is 2.48. The molecule has 2 N–H and O–H groups in total. The Balaban J connectivity index is 2.09. The Labute approximate surface area is 124 Å². The van der Waals surface area contributed by atoms with Crippen molar-refractivity contribution in [1.82, 2.24) is 4.90 Å². The van der Waals surface area contributed by atoms with Crippen LogP contribution in [0.4, 0.5) is 10.7 Å². The Morgan fingerprint density at radius 2 is 2.25 bits per heavy atom. The predicted molar refractivity (Wildman–Crippen MR) is 83.6 cm³/mol. The van der Waals surface area contributed by atoms with Crippen LogP contribution in [0.15, 0.2) is 6.07 Å². The lowest BCUT2D eigenvalue weighted by molar-refractivity contribution is 0.0607. The minimum absolute atomic E-state index is 0.349. The fourth-order valence-corrected chi connectivity index (χ4v) is 3.81. The van der Waals surface area contributed by atoms with Crippen molar-refractivity contribution in [2.75, 3.05) is 43.9 Å². The summed E-state index contributed by atoms with van der Waals surface area (Å²) in [7, 11) is 1.38. The second-order valence-corrected chi connectivity index (χ2v) is 6.00. The van der Waals surface area contributed by atoms with Gasteiger partial charge in [-0.25, -0.2) is 4.79 Å². The summed E-state index contributed by atoms with van der Waals surface area (Å²) in [5.74, 6) is -0.349. The second-order valence-electron chi connectivity index (χ2n) is 4.97. The van der Waals surface area contributed by atoms with Gasteiger partial charge >= 0.3 is 5.97 Å². The van der Waals surface area contributed by atoms with Crippen LogP contribution in [-0.2, 0) is 4.74 Å². The average Bonchev–Trinajstić information content (AvgIpc) is 3.06. The van der Waals surface area contributed by atoms with Gasteiger partial charge in [-0.1, -0.05) is 13.8 Å². The Hall–Kier alpha value is -1.27. The second kappa shape index (κ2) is 6.45. The highest BCUT2D eigenvalue weighted by molar-refractivity contribution is 7.18. The Morgan fingerprint density at radius 1 is 1.55 bits per heavy atom. The minimum Gasteiger partial charge on any atom is -0.465 e. The SMILES string of the molecule is CCN(CC)C1CCN(c2cc(N)c(C(=O)OC)s2)C1. The van der Waals surface area contributed by atoms with Crippen molar-refractivity contribution in [2.45, 2.75) is 26.3 Å². The van der Waals surface area contributed by atoms with E-state index in [4.69, 9.17) is 10.5 Å². The molecular weight excluding hydrogens is 274 g/mol. The van der Waals surface area contributed by atoms with Crippen LogP contribution >= 0.6 is 11.3 Å². The molecule has 0 radical (unpaired) electrons. The highest BCUT2D eigenvalue weighted by atomic mass is 32.1. The molecule has 1 aromatic heterocycles. The lowest BCUT2D eigenvalue weighted by atomic mass is 10.2. The molecule has 2 heterocycles. The first-order valence-electron chi connectivity index (χ1n) is 7.07. The van der Waals surface area contributed by atoms with Crippen molar-refractivity contribution in [1.29, 1.82) is 0 Å². The summed E-state index contributed by atoms with van der Waals surface area (Å²) in [6.07, 6.45) is 1.16. The number of nitrogen functional groups attached to an aromatic ring is 1. The lowest BCUT2D eigenvalue weighted by Crippen LogP contribution is -2.37. The van der Waals surface area contributed by atoms with Crippen LogP contribution in [0.1, 0.15) is 29.9 Å². The van der Waals surface area contributed by atoms with Crippen molar-refractivity contribution in [2.24, 2.45) is 0 Å². The van der Waals surface area contributed by atoms with E-state index < -0.39 is 0 Å². The molecule has 0 spiro atoms. The first-order chi connectivity index (χ1) is 9.60. The van der Waals surface area contributed by atoms with Crippen molar-refractivity contribution >= 4 is 28.0 Å². The van der Waals surface area contributed by atoms with Crippen molar-refractivity contribution in [3.05, 3.63) is 10.9 Å². The monoisotopic (exact) mass is 297 g/mol. The third-order valence-corrected chi connectivity index (χ3v) is 5.11. The predicted octanol–water partition coefficient (Wildman–Crippen LogP) is 2.04. The van der Waals surface area contributed by atoms with Crippen LogP contribution in [0.5, 0.6) is 0 Å². The van der Waals surface area contributed by atoms with E-state index >= 15 is 0 Å². The molecule has 1 aliphatic heterocycles. The van der Waals surface area contributed by atoms with Crippen molar-refractivity contribution in [3.8, 4) is 0 Å². The van der Waals surface area contributed by atoms with Gasteiger partial charge in [-0.15, -0.1) is 11.3 Å². The molecule has 1 atom stereocenters. The van der Waals surface area contributed by atoms with E-state index in [2.05, 4.69) is 23.6 Å². The topological polar surface area (TPSA) is 58.8 Å². The molecule has 20 heavy (non-hydrogen) atoms. The van der Waals surface area contributed by atoms with Crippen molar-refractivity contribution < 1.29 is 9.53 Å². The summed E-state index contributed by atoms with van der Waals surface area (Å²) < 4.78 is 4.75. The van der Waals surface area contributed by atoms with Gasteiger partial charge in [0.2, 0.25) is 0 Å². The van der Waals surface area contributed by atoms with Gasteiger partial charge in [-0.2, -0.15) is 0 Å². The standard InChI is InChI=1S/C14H23N3O2S/c1-4-16(5-2)10-6-7-17(9-10)12-8-11(15)13(20-12)14(18)19-3/h8,10H,4-7,9,15H2,1-3H3. The number of nitrogens with two attached hydrogens (primary N) is 1. The summed E-state index contributed by atoms with van der Waals surface area (Å²) in [4.78, 5) is 16.9. The Bertz CT molecular complexity index is 471. The number of rotatable bonds is 5. The van der Waals surface area contributed by atoms with Gasteiger partial charge in [-0.3, -0.25) is 4.90 Å². The van der Waals surface area contributed by atoms with Gasteiger partial charge < -0.3 is 15.4 Å². The highest BCUT2D eigenvalue weighted by Crippen LogP contribution is 2.35. The quantitative estimate of drug-likeness (QED) is 0.843. The number of hydrogen-bond donors (Lipinski definition) is 1. The molecule has 0 saturated carbocycles. The fraction of sp³-hybridized carbons (Fsp3) is 0.643. The summed E-state index contributed by atoms with van der Waals surface area (Å²) in [5.41, 5.74) is 6.42. The molecule has 1 aromatic rings. The van der Waals surface area contributed by atoms with Gasteiger partial charge in [0.25, 0.3) is 0 Å². The van der Waals surface area contributed by atoms with Gasteiger partial charge in [-0.05, 0) is 25.6 Å². The van der Waals surface area contributed by atoms with E-state index in [0.29, 0.717) is 16.6 Å². The average molecular weight is 297 g/mol. The third kappa shape index (κ3) is 2.91. The summed E-state index contributed by atoms with van der Waals surface area (Å²) in [5, 5.41) is 1.07. The first kappa shape index (κ1) is 15.1. The van der Waals surface area contributed by atoms with Crippen LogP contribution in [0.2, 0.25) is 0 Å². The number of thiophene rings is 1. The smallest absolute Gasteiger partial charge is 0.350 e. The van der Waals surface area contributed by atoms with E-state index in [-0.39, 0.29) is 5.97 Å². The molecular formula is C14H23N3O2S. The molecule has 0 amide bonds. The number of nitrogens with zero attached hydrogens (tertiary/aromatic N) is 2. The maximum absolute atomic E-state index is 11.6. The van der Waals surface area contributed by atoms with Gasteiger partial charge in [0.05, 0.1) is 17.8 Å². The molecule has 6 heteroatoms. The molecule has 1 aliphatic rings. The van der Waals surface area contributed by atoms with Gasteiger partial charge in [0.15, 0.2) is 0 Å². The number of methoxy groups -OCH3 is 1. The largest absolute Gasteiger partial charge is 0.465 e. The molecule has 1 unspecified atom stereocenters. The number of carbonyl (C=O) groups excluding carboxylic acids is 1. The van der Waals surface area contributed by atoms with Crippen LogP contribution in [0.25, 0.3) is 0 Å². The van der Waals surface area contributed by atoms with E-state index in [9.17, 15) is 4.79 Å². The van der Waals surface area contributed by atoms with Crippen LogP contribution in [0.3, 0.4) is 0 Å². The van der Waals surface area contributed by atoms with Gasteiger partial charge in [0.1, 0.15) is 4.88 Å². The van der Waals surface area contributed by atoms with E-state index in [0.717, 1.165) is 37.6 Å². The van der Waals surface area contributed by atoms with Crippen molar-refractivity contribution in [3.63, 3.8) is 0 Å². The molecule has 0 bridgehead atoms.